The van der Waals surface area contributed by atoms with E-state index in [1.54, 1.807) is 0 Å². The third-order valence-corrected chi connectivity index (χ3v) is 8.43. The van der Waals surface area contributed by atoms with Crippen LogP contribution < -0.4 is 0 Å². The second kappa shape index (κ2) is 6.63. The van der Waals surface area contributed by atoms with Gasteiger partial charge in [-0.25, -0.2) is 0 Å². The van der Waals surface area contributed by atoms with Crippen molar-refractivity contribution in [1.29, 1.82) is 0 Å². The second-order valence-electron chi connectivity index (χ2n) is 10.1. The molecule has 5 aliphatic rings. The summed E-state index contributed by atoms with van der Waals surface area (Å²) >= 11 is 0. The molecule has 5 rings (SSSR count). The summed E-state index contributed by atoms with van der Waals surface area (Å²) in [6, 6.07) is 0. The van der Waals surface area contributed by atoms with Crippen LogP contribution in [0, 0.1) is 23.7 Å². The van der Waals surface area contributed by atoms with Gasteiger partial charge >= 0.3 is 0 Å². The molecule has 0 aromatic carbocycles. The molecule has 156 valence electrons. The van der Waals surface area contributed by atoms with Gasteiger partial charge in [0.2, 0.25) is 0 Å². The fraction of sp³-hybridized carbons (Fsp3) is 0.870. The minimum Gasteiger partial charge on any atom is -0.388 e. The van der Waals surface area contributed by atoms with Gasteiger partial charge in [0, 0.05) is 24.8 Å². The highest BCUT2D eigenvalue weighted by molar-refractivity contribution is 5.96. The number of Topliss-reactive ketones (excluding diaryl/α,β-unsaturated/α-hetero) is 1. The molecule has 2 aliphatic carbocycles. The second-order valence-corrected chi connectivity index (χ2v) is 10.1. The zero-order valence-electron chi connectivity index (χ0n) is 17.4. The number of rotatable bonds is 3. The van der Waals surface area contributed by atoms with E-state index in [4.69, 9.17) is 14.2 Å². The van der Waals surface area contributed by atoms with Gasteiger partial charge in [-0.1, -0.05) is 19.9 Å². The molecule has 4 fully saturated rings. The van der Waals surface area contributed by atoms with Gasteiger partial charge in [-0.15, -0.1) is 0 Å². The molecule has 0 aromatic heterocycles. The van der Waals surface area contributed by atoms with Crippen molar-refractivity contribution in [2.24, 2.45) is 23.7 Å². The lowest BCUT2D eigenvalue weighted by Gasteiger charge is -2.58. The predicted molar refractivity (Wildman–Crippen MR) is 103 cm³/mol. The first-order valence-corrected chi connectivity index (χ1v) is 11.3. The van der Waals surface area contributed by atoms with E-state index in [-0.39, 0.29) is 29.7 Å². The van der Waals surface area contributed by atoms with Crippen LogP contribution in [0.15, 0.2) is 11.6 Å². The number of carbonyl (C=O) groups is 1. The number of ether oxygens (including phenoxy) is 3. The summed E-state index contributed by atoms with van der Waals surface area (Å²) < 4.78 is 19.6. The summed E-state index contributed by atoms with van der Waals surface area (Å²) in [5.74, 6) is 1.28. The third-order valence-electron chi connectivity index (χ3n) is 8.43. The van der Waals surface area contributed by atoms with Crippen molar-refractivity contribution in [3.8, 4) is 0 Å². The number of aliphatic hydroxyl groups is 1. The van der Waals surface area contributed by atoms with Crippen molar-refractivity contribution in [2.75, 3.05) is 0 Å². The Kier molecular flexibility index (Phi) is 4.55. The van der Waals surface area contributed by atoms with Crippen LogP contribution in [0.5, 0.6) is 0 Å². The molecule has 9 atom stereocenters. The Morgan fingerprint density at radius 2 is 2.07 bits per heavy atom. The highest BCUT2D eigenvalue weighted by Crippen LogP contribution is 2.63. The van der Waals surface area contributed by atoms with Crippen LogP contribution in [0.25, 0.3) is 0 Å². The van der Waals surface area contributed by atoms with Crippen molar-refractivity contribution < 1.29 is 24.1 Å². The largest absolute Gasteiger partial charge is 0.388 e. The topological polar surface area (TPSA) is 65.0 Å². The number of carbonyl (C=O) groups excluding carboxylic acids is 1. The summed E-state index contributed by atoms with van der Waals surface area (Å²) in [4.78, 5) is 12.2. The molecule has 3 aliphatic heterocycles. The quantitative estimate of drug-likeness (QED) is 0.795. The zero-order chi connectivity index (χ0) is 19.7. The molecule has 1 saturated carbocycles. The van der Waals surface area contributed by atoms with Crippen molar-refractivity contribution >= 4 is 5.78 Å². The minimum absolute atomic E-state index is 0.0917. The van der Waals surface area contributed by atoms with E-state index in [0.29, 0.717) is 36.2 Å². The Morgan fingerprint density at radius 1 is 1.25 bits per heavy atom. The monoisotopic (exact) mass is 390 g/mol. The Balaban J connectivity index is 1.41. The molecular formula is C23H34O5. The van der Waals surface area contributed by atoms with Crippen LogP contribution in [-0.2, 0) is 19.0 Å². The van der Waals surface area contributed by atoms with Crippen molar-refractivity contribution in [1.82, 2.24) is 0 Å². The lowest BCUT2D eigenvalue weighted by atomic mass is 9.56. The van der Waals surface area contributed by atoms with Gasteiger partial charge in [-0.05, 0) is 62.7 Å². The highest BCUT2D eigenvalue weighted by atomic mass is 16.8. The van der Waals surface area contributed by atoms with Gasteiger partial charge in [0.1, 0.15) is 5.60 Å². The maximum absolute atomic E-state index is 12.2. The van der Waals surface area contributed by atoms with E-state index >= 15 is 0 Å². The molecule has 3 heterocycles. The molecular weight excluding hydrogens is 356 g/mol. The Morgan fingerprint density at radius 3 is 2.86 bits per heavy atom. The van der Waals surface area contributed by atoms with E-state index in [9.17, 15) is 9.90 Å². The van der Waals surface area contributed by atoms with Gasteiger partial charge in [0.05, 0.1) is 12.2 Å². The lowest BCUT2D eigenvalue weighted by Crippen LogP contribution is -2.66. The van der Waals surface area contributed by atoms with Crippen LogP contribution in [0.4, 0.5) is 0 Å². The summed E-state index contributed by atoms with van der Waals surface area (Å²) in [5, 5.41) is 10.8. The first kappa shape index (κ1) is 19.2. The minimum atomic E-state index is -0.745. The highest BCUT2D eigenvalue weighted by Gasteiger charge is 2.71. The van der Waals surface area contributed by atoms with Crippen molar-refractivity contribution in [3.05, 3.63) is 11.6 Å². The van der Waals surface area contributed by atoms with Crippen LogP contribution in [0.1, 0.15) is 72.1 Å². The number of hydrogen-bond acceptors (Lipinski definition) is 5. The third kappa shape index (κ3) is 2.69. The summed E-state index contributed by atoms with van der Waals surface area (Å²) in [6.07, 6.45) is 7.86. The van der Waals surface area contributed by atoms with E-state index in [2.05, 4.69) is 20.8 Å². The van der Waals surface area contributed by atoms with E-state index in [0.717, 1.165) is 32.1 Å². The van der Waals surface area contributed by atoms with Gasteiger partial charge in [-0.3, -0.25) is 4.79 Å². The SMILES string of the molecule is C[C@H]1[C@@H](C[C@@H](O)C2=CCCCC2=O)O[C@@H]2O[C@@]3(C)CC[C@H]4[C@H](C)CC[C@@H]1[C@@]24O3. The number of aliphatic hydroxyl groups excluding tert-OH is 1. The number of ketones is 1. The van der Waals surface area contributed by atoms with Crippen molar-refractivity contribution in [2.45, 2.75) is 102 Å². The van der Waals surface area contributed by atoms with Crippen LogP contribution in [0.3, 0.4) is 0 Å². The Bertz CT molecular complexity index is 688. The average molecular weight is 391 g/mol. The number of allylic oxidation sites excluding steroid dienone is 1. The lowest BCUT2D eigenvalue weighted by molar-refractivity contribution is -0.290. The first-order valence-electron chi connectivity index (χ1n) is 11.3. The Hall–Kier alpha value is -0.750. The van der Waals surface area contributed by atoms with Crippen LogP contribution in [0.2, 0.25) is 0 Å². The maximum Gasteiger partial charge on any atom is 0.190 e. The fourth-order valence-corrected chi connectivity index (χ4v) is 6.96. The first-order chi connectivity index (χ1) is 13.3. The molecule has 2 bridgehead atoms. The fourth-order valence-electron chi connectivity index (χ4n) is 6.96. The van der Waals surface area contributed by atoms with Gasteiger partial charge in [-0.2, -0.15) is 0 Å². The molecule has 5 heteroatoms. The van der Waals surface area contributed by atoms with E-state index in [1.807, 2.05) is 6.08 Å². The maximum atomic E-state index is 12.2. The van der Waals surface area contributed by atoms with E-state index < -0.39 is 11.9 Å². The smallest absolute Gasteiger partial charge is 0.190 e. The van der Waals surface area contributed by atoms with Gasteiger partial charge < -0.3 is 19.3 Å². The van der Waals surface area contributed by atoms with E-state index in [1.165, 1.54) is 6.42 Å². The summed E-state index contributed by atoms with van der Waals surface area (Å²) in [7, 11) is 0. The molecule has 0 unspecified atom stereocenters. The normalized spacial score (nSPS) is 51.4. The summed E-state index contributed by atoms with van der Waals surface area (Å²) in [5.41, 5.74) is 0.248. The number of hydrogen-bond donors (Lipinski definition) is 1. The summed E-state index contributed by atoms with van der Waals surface area (Å²) in [6.45, 7) is 6.64. The van der Waals surface area contributed by atoms with Crippen LogP contribution in [-0.4, -0.2) is 40.8 Å². The molecule has 1 N–H and O–H groups in total. The average Bonchev–Trinajstić information content (AvgIpc) is 2.87. The number of fused-ring (bicyclic) bond motifs is 1. The standard InChI is InChI=1S/C23H34O5/c1-13-8-9-17-14(2)20(12-19(25)15-6-4-5-7-18(15)24)26-21-23(17)16(13)10-11-22(3,27-21)28-23/h6,13-14,16-17,19-21,25H,4-5,7-12H2,1-3H3/t13-,14-,16+,17+,19-,20-,21-,22-,23-/m1/s1. The van der Waals surface area contributed by atoms with Gasteiger partial charge in [0.25, 0.3) is 0 Å². The van der Waals surface area contributed by atoms with Gasteiger partial charge in [0.15, 0.2) is 17.9 Å². The van der Waals surface area contributed by atoms with Crippen LogP contribution >= 0.6 is 0 Å². The zero-order valence-corrected chi connectivity index (χ0v) is 17.4. The Labute approximate surface area is 167 Å². The predicted octanol–water partition coefficient (Wildman–Crippen LogP) is 3.74. The molecule has 0 radical (unpaired) electrons. The molecule has 5 nitrogen and oxygen atoms in total. The molecule has 28 heavy (non-hydrogen) atoms. The molecule has 3 saturated heterocycles. The van der Waals surface area contributed by atoms with Crippen molar-refractivity contribution in [3.63, 3.8) is 0 Å². The molecule has 0 amide bonds. The molecule has 0 aromatic rings. The molecule has 1 spiro atoms.